The molecule has 0 aromatic heterocycles. The first-order chi connectivity index (χ1) is 17.2. The zero-order valence-corrected chi connectivity index (χ0v) is 21.1. The van der Waals surface area contributed by atoms with Crippen molar-refractivity contribution in [2.75, 3.05) is 46.5 Å². The van der Waals surface area contributed by atoms with Crippen LogP contribution < -0.4 is 9.47 Å². The first-order valence-corrected chi connectivity index (χ1v) is 13.2. The Morgan fingerprint density at radius 2 is 1.77 bits per heavy atom. The van der Waals surface area contributed by atoms with Crippen molar-refractivity contribution in [2.24, 2.45) is 5.92 Å². The predicted octanol–water partition coefficient (Wildman–Crippen LogP) is 4.91. The van der Waals surface area contributed by atoms with Crippen molar-refractivity contribution in [1.82, 2.24) is 9.80 Å². The van der Waals surface area contributed by atoms with Crippen LogP contribution in [0.1, 0.15) is 49.7 Å². The van der Waals surface area contributed by atoms with E-state index in [0.717, 1.165) is 75.5 Å². The number of nitrogens with zero attached hydrogens (tertiary/aromatic N) is 2. The molecular weight excluding hydrogens is 440 g/mol. The Balaban J connectivity index is 1.40. The summed E-state index contributed by atoms with van der Waals surface area (Å²) < 4.78 is 17.1. The van der Waals surface area contributed by atoms with Gasteiger partial charge < -0.3 is 19.1 Å². The summed E-state index contributed by atoms with van der Waals surface area (Å²) in [6, 6.07) is 16.2. The highest BCUT2D eigenvalue weighted by molar-refractivity contribution is 5.79. The van der Waals surface area contributed by atoms with Crippen LogP contribution in [0.5, 0.6) is 11.5 Å². The van der Waals surface area contributed by atoms with Gasteiger partial charge in [0.05, 0.1) is 20.3 Å². The molecule has 4 rings (SSSR count). The summed E-state index contributed by atoms with van der Waals surface area (Å²) in [7, 11) is 1.67. The van der Waals surface area contributed by atoms with Gasteiger partial charge in [-0.2, -0.15) is 0 Å². The van der Waals surface area contributed by atoms with Crippen molar-refractivity contribution in [3.63, 3.8) is 0 Å². The fourth-order valence-electron chi connectivity index (χ4n) is 5.07. The highest BCUT2D eigenvalue weighted by atomic mass is 16.5. The fourth-order valence-corrected chi connectivity index (χ4v) is 5.07. The SMILES string of the molecule is COc1cc(CN(CCCN2CCOCC2)C(=O)C2CCCCC2)ccc1OCc1ccccc1. The van der Waals surface area contributed by atoms with Crippen molar-refractivity contribution in [2.45, 2.75) is 51.7 Å². The highest BCUT2D eigenvalue weighted by Gasteiger charge is 2.26. The van der Waals surface area contributed by atoms with Crippen LogP contribution in [-0.4, -0.2) is 62.2 Å². The zero-order chi connectivity index (χ0) is 24.3. The normalized spacial score (nSPS) is 17.2. The number of rotatable bonds is 11. The van der Waals surface area contributed by atoms with E-state index in [2.05, 4.69) is 15.9 Å². The van der Waals surface area contributed by atoms with Gasteiger partial charge in [0, 0.05) is 38.6 Å². The molecule has 2 aromatic rings. The Morgan fingerprint density at radius 3 is 2.51 bits per heavy atom. The minimum Gasteiger partial charge on any atom is -0.493 e. The molecule has 2 fully saturated rings. The van der Waals surface area contributed by atoms with Gasteiger partial charge in [-0.3, -0.25) is 9.69 Å². The van der Waals surface area contributed by atoms with E-state index in [0.29, 0.717) is 24.8 Å². The smallest absolute Gasteiger partial charge is 0.225 e. The summed E-state index contributed by atoms with van der Waals surface area (Å²) in [5.41, 5.74) is 2.19. The minimum absolute atomic E-state index is 0.169. The van der Waals surface area contributed by atoms with Gasteiger partial charge in [-0.05, 0) is 42.5 Å². The Bertz CT molecular complexity index is 908. The van der Waals surface area contributed by atoms with Crippen molar-refractivity contribution in [1.29, 1.82) is 0 Å². The van der Waals surface area contributed by atoms with Gasteiger partial charge in [0.25, 0.3) is 0 Å². The second kappa shape index (κ2) is 13.5. The van der Waals surface area contributed by atoms with Gasteiger partial charge in [0.2, 0.25) is 5.91 Å². The Kier molecular flexibility index (Phi) is 9.84. The second-order valence-corrected chi connectivity index (χ2v) is 9.66. The first kappa shape index (κ1) is 25.5. The highest BCUT2D eigenvalue weighted by Crippen LogP contribution is 2.31. The molecule has 1 aliphatic carbocycles. The van der Waals surface area contributed by atoms with Gasteiger partial charge in [-0.15, -0.1) is 0 Å². The molecule has 1 saturated carbocycles. The van der Waals surface area contributed by atoms with Crippen LogP contribution in [0.15, 0.2) is 48.5 Å². The number of carbonyl (C=O) groups excluding carboxylic acids is 1. The second-order valence-electron chi connectivity index (χ2n) is 9.66. The van der Waals surface area contributed by atoms with E-state index in [9.17, 15) is 4.79 Å². The third-order valence-corrected chi connectivity index (χ3v) is 7.11. The topological polar surface area (TPSA) is 51.2 Å². The quantitative estimate of drug-likeness (QED) is 0.458. The number of carbonyl (C=O) groups is 1. The lowest BCUT2D eigenvalue weighted by Gasteiger charge is -2.31. The lowest BCUT2D eigenvalue weighted by molar-refractivity contribution is -0.137. The van der Waals surface area contributed by atoms with Gasteiger partial charge in [0.15, 0.2) is 11.5 Å². The molecule has 0 radical (unpaired) electrons. The first-order valence-electron chi connectivity index (χ1n) is 13.2. The van der Waals surface area contributed by atoms with Crippen LogP contribution in [0.25, 0.3) is 0 Å². The van der Waals surface area contributed by atoms with E-state index in [1.54, 1.807) is 7.11 Å². The number of ether oxygens (including phenoxy) is 3. The standard InChI is InChI=1S/C29H40N2O4/c1-33-28-21-25(13-14-27(28)35-23-24-9-4-2-5-10-24)22-31(29(32)26-11-6-3-7-12-26)16-8-15-30-17-19-34-20-18-30/h2,4-5,9-10,13-14,21,26H,3,6-8,11-12,15-20,22-23H2,1H3. The molecule has 0 spiro atoms. The molecular formula is C29H40N2O4. The summed E-state index contributed by atoms with van der Waals surface area (Å²) in [6.07, 6.45) is 6.61. The maximum Gasteiger partial charge on any atom is 0.225 e. The average molecular weight is 481 g/mol. The molecule has 2 aliphatic rings. The summed E-state index contributed by atoms with van der Waals surface area (Å²) in [6.45, 7) is 6.47. The van der Waals surface area contributed by atoms with Crippen LogP contribution >= 0.6 is 0 Å². The number of amides is 1. The molecule has 6 nitrogen and oxygen atoms in total. The molecule has 35 heavy (non-hydrogen) atoms. The van der Waals surface area contributed by atoms with E-state index >= 15 is 0 Å². The predicted molar refractivity (Wildman–Crippen MR) is 138 cm³/mol. The minimum atomic E-state index is 0.169. The summed E-state index contributed by atoms with van der Waals surface area (Å²) >= 11 is 0. The Labute approximate surface area is 210 Å². The van der Waals surface area contributed by atoms with Crippen molar-refractivity contribution in [3.8, 4) is 11.5 Å². The molecule has 1 aliphatic heterocycles. The molecule has 0 bridgehead atoms. The summed E-state index contributed by atoms with van der Waals surface area (Å²) in [5.74, 6) is 1.91. The Hall–Kier alpha value is -2.57. The molecule has 0 atom stereocenters. The zero-order valence-electron chi connectivity index (χ0n) is 21.1. The lowest BCUT2D eigenvalue weighted by Crippen LogP contribution is -2.40. The number of hydrogen-bond donors (Lipinski definition) is 0. The van der Waals surface area contributed by atoms with E-state index in [1.807, 2.05) is 42.5 Å². The van der Waals surface area contributed by atoms with Crippen molar-refractivity contribution >= 4 is 5.91 Å². The maximum absolute atomic E-state index is 13.5. The lowest BCUT2D eigenvalue weighted by atomic mass is 9.88. The molecule has 1 heterocycles. The third kappa shape index (κ3) is 7.71. The maximum atomic E-state index is 13.5. The van der Waals surface area contributed by atoms with Crippen LogP contribution in [0, 0.1) is 5.92 Å². The molecule has 1 amide bonds. The number of morpholine rings is 1. The van der Waals surface area contributed by atoms with Crippen LogP contribution in [-0.2, 0) is 22.7 Å². The molecule has 0 unspecified atom stereocenters. The van der Waals surface area contributed by atoms with Crippen molar-refractivity contribution < 1.29 is 19.0 Å². The van der Waals surface area contributed by atoms with Gasteiger partial charge >= 0.3 is 0 Å². The number of benzene rings is 2. The summed E-state index contributed by atoms with van der Waals surface area (Å²) in [5, 5.41) is 0. The largest absolute Gasteiger partial charge is 0.493 e. The van der Waals surface area contributed by atoms with Gasteiger partial charge in [-0.25, -0.2) is 0 Å². The monoisotopic (exact) mass is 480 g/mol. The molecule has 1 saturated heterocycles. The van der Waals surface area contributed by atoms with E-state index in [-0.39, 0.29) is 5.92 Å². The Morgan fingerprint density at radius 1 is 1.00 bits per heavy atom. The number of methoxy groups -OCH3 is 1. The number of hydrogen-bond acceptors (Lipinski definition) is 5. The third-order valence-electron chi connectivity index (χ3n) is 7.11. The fraction of sp³-hybridized carbons (Fsp3) is 0.552. The molecule has 0 N–H and O–H groups in total. The average Bonchev–Trinajstić information content (AvgIpc) is 2.93. The van der Waals surface area contributed by atoms with Crippen LogP contribution in [0.3, 0.4) is 0 Å². The van der Waals surface area contributed by atoms with Gasteiger partial charge in [-0.1, -0.05) is 55.7 Å². The van der Waals surface area contributed by atoms with Crippen LogP contribution in [0.2, 0.25) is 0 Å². The van der Waals surface area contributed by atoms with E-state index in [4.69, 9.17) is 14.2 Å². The van der Waals surface area contributed by atoms with E-state index < -0.39 is 0 Å². The van der Waals surface area contributed by atoms with Crippen LogP contribution in [0.4, 0.5) is 0 Å². The van der Waals surface area contributed by atoms with E-state index in [1.165, 1.54) is 19.3 Å². The van der Waals surface area contributed by atoms with Crippen molar-refractivity contribution in [3.05, 3.63) is 59.7 Å². The van der Waals surface area contributed by atoms with Gasteiger partial charge in [0.1, 0.15) is 6.61 Å². The molecule has 2 aromatic carbocycles. The molecule has 190 valence electrons. The molecule has 6 heteroatoms. The summed E-state index contributed by atoms with van der Waals surface area (Å²) in [4.78, 5) is 18.0.